The molecule has 0 aliphatic carbocycles. The van der Waals surface area contributed by atoms with Gasteiger partial charge in [0.1, 0.15) is 5.75 Å². The van der Waals surface area contributed by atoms with E-state index in [9.17, 15) is 14.7 Å². The van der Waals surface area contributed by atoms with Gasteiger partial charge in [-0.2, -0.15) is 0 Å². The van der Waals surface area contributed by atoms with Crippen LogP contribution in [0.3, 0.4) is 0 Å². The minimum atomic E-state index is -1.06. The number of carbonyl (C=O) groups excluding carboxylic acids is 1. The number of amides is 1. The summed E-state index contributed by atoms with van der Waals surface area (Å²) in [5, 5.41) is 23.2. The van der Waals surface area contributed by atoms with E-state index in [-0.39, 0.29) is 22.9 Å². The van der Waals surface area contributed by atoms with Gasteiger partial charge in [-0.1, -0.05) is 6.07 Å². The summed E-state index contributed by atoms with van der Waals surface area (Å²) < 4.78 is 0. The van der Waals surface area contributed by atoms with E-state index in [0.29, 0.717) is 18.0 Å². The van der Waals surface area contributed by atoms with E-state index in [1.165, 1.54) is 22.8 Å². The number of carboxylic acid groups (broad SMARTS) is 1. The first-order chi connectivity index (χ1) is 9.97. The highest BCUT2D eigenvalue weighted by atomic mass is 32.1. The molecule has 0 saturated carbocycles. The third kappa shape index (κ3) is 3.79. The van der Waals surface area contributed by atoms with Gasteiger partial charge in [-0.25, -0.2) is 9.78 Å². The predicted octanol–water partition coefficient (Wildman–Crippen LogP) is 1.83. The maximum atomic E-state index is 11.9. The fourth-order valence-corrected chi connectivity index (χ4v) is 2.51. The van der Waals surface area contributed by atoms with Gasteiger partial charge >= 0.3 is 5.97 Å². The molecule has 1 amide bonds. The van der Waals surface area contributed by atoms with E-state index < -0.39 is 5.97 Å². The van der Waals surface area contributed by atoms with Crippen molar-refractivity contribution in [1.82, 2.24) is 10.3 Å². The second-order valence-electron chi connectivity index (χ2n) is 4.46. The molecule has 1 aromatic carbocycles. The van der Waals surface area contributed by atoms with E-state index in [1.54, 1.807) is 12.1 Å². The van der Waals surface area contributed by atoms with Gasteiger partial charge in [-0.15, -0.1) is 11.3 Å². The van der Waals surface area contributed by atoms with Crippen molar-refractivity contribution in [3.05, 3.63) is 45.4 Å². The van der Waals surface area contributed by atoms with Crippen LogP contribution in [0.2, 0.25) is 0 Å². The van der Waals surface area contributed by atoms with E-state index in [2.05, 4.69) is 10.3 Å². The molecule has 2 aromatic rings. The molecule has 3 N–H and O–H groups in total. The minimum Gasteiger partial charge on any atom is -0.507 e. The lowest BCUT2D eigenvalue weighted by molar-refractivity contribution is 0.0690. The normalized spacial score (nSPS) is 10.3. The Labute approximate surface area is 125 Å². The maximum Gasteiger partial charge on any atom is 0.355 e. The lowest BCUT2D eigenvalue weighted by atomic mass is 10.1. The van der Waals surface area contributed by atoms with Gasteiger partial charge in [0.25, 0.3) is 5.91 Å². The van der Waals surface area contributed by atoms with Crippen LogP contribution < -0.4 is 5.32 Å². The summed E-state index contributed by atoms with van der Waals surface area (Å²) in [6, 6.07) is 4.83. The van der Waals surface area contributed by atoms with Crippen molar-refractivity contribution in [2.45, 2.75) is 13.3 Å². The van der Waals surface area contributed by atoms with Crippen molar-refractivity contribution in [2.75, 3.05) is 6.54 Å². The fraction of sp³-hybridized carbons (Fsp3) is 0.214. The number of aromatic nitrogens is 1. The van der Waals surface area contributed by atoms with Crippen LogP contribution >= 0.6 is 11.3 Å². The fourth-order valence-electron chi connectivity index (χ4n) is 1.74. The lowest BCUT2D eigenvalue weighted by Crippen LogP contribution is -2.25. The average Bonchev–Trinajstić information content (AvgIpc) is 2.87. The molecule has 0 atom stereocenters. The molecule has 2 rings (SSSR count). The highest BCUT2D eigenvalue weighted by Crippen LogP contribution is 2.18. The van der Waals surface area contributed by atoms with Crippen molar-refractivity contribution in [3.63, 3.8) is 0 Å². The summed E-state index contributed by atoms with van der Waals surface area (Å²) in [6.07, 6.45) is 0.441. The van der Waals surface area contributed by atoms with Gasteiger partial charge in [0.2, 0.25) is 0 Å². The summed E-state index contributed by atoms with van der Waals surface area (Å²) >= 11 is 1.24. The van der Waals surface area contributed by atoms with E-state index in [4.69, 9.17) is 5.11 Å². The number of thiazole rings is 1. The number of nitrogens with one attached hydrogen (secondary N) is 1. The average molecular weight is 306 g/mol. The highest BCUT2D eigenvalue weighted by molar-refractivity contribution is 7.09. The summed E-state index contributed by atoms with van der Waals surface area (Å²) in [4.78, 5) is 26.5. The molecule has 0 aliphatic rings. The molecule has 1 aromatic heterocycles. The summed E-state index contributed by atoms with van der Waals surface area (Å²) in [5.41, 5.74) is 1.09. The van der Waals surface area contributed by atoms with Crippen LogP contribution in [0.15, 0.2) is 23.6 Å². The third-order valence-electron chi connectivity index (χ3n) is 2.79. The van der Waals surface area contributed by atoms with Crippen LogP contribution in [0.5, 0.6) is 5.75 Å². The van der Waals surface area contributed by atoms with Gasteiger partial charge in [0.15, 0.2) is 5.69 Å². The van der Waals surface area contributed by atoms with Crippen LogP contribution in [0.25, 0.3) is 0 Å². The molecular formula is C14H14N2O4S. The molecule has 0 aliphatic heterocycles. The molecular weight excluding hydrogens is 292 g/mol. The van der Waals surface area contributed by atoms with E-state index in [0.717, 1.165) is 5.56 Å². The molecule has 21 heavy (non-hydrogen) atoms. The molecule has 110 valence electrons. The smallest absolute Gasteiger partial charge is 0.355 e. The van der Waals surface area contributed by atoms with Crippen molar-refractivity contribution in [3.8, 4) is 5.75 Å². The number of hydrogen-bond acceptors (Lipinski definition) is 5. The summed E-state index contributed by atoms with van der Waals surface area (Å²) in [5.74, 6) is -1.50. The largest absolute Gasteiger partial charge is 0.507 e. The topological polar surface area (TPSA) is 99.5 Å². The Kier molecular flexibility index (Phi) is 4.54. The number of aromatic carboxylic acids is 1. The molecule has 0 bridgehead atoms. The first-order valence-electron chi connectivity index (χ1n) is 6.23. The summed E-state index contributed by atoms with van der Waals surface area (Å²) in [6.45, 7) is 2.14. The van der Waals surface area contributed by atoms with Crippen LogP contribution in [0.4, 0.5) is 0 Å². The lowest BCUT2D eigenvalue weighted by Gasteiger charge is -2.06. The number of aromatic hydroxyl groups is 1. The zero-order chi connectivity index (χ0) is 15.4. The SMILES string of the molecule is Cc1ccc(C(=O)NCCc2nc(C(=O)O)cs2)c(O)c1. The number of phenolic OH excluding ortho intramolecular Hbond substituents is 1. The summed E-state index contributed by atoms with van der Waals surface area (Å²) in [7, 11) is 0. The van der Waals surface area contributed by atoms with Gasteiger partial charge in [-0.3, -0.25) is 4.79 Å². The van der Waals surface area contributed by atoms with Crippen molar-refractivity contribution in [2.24, 2.45) is 0 Å². The van der Waals surface area contributed by atoms with Crippen molar-refractivity contribution < 1.29 is 19.8 Å². The Morgan fingerprint density at radius 3 is 2.76 bits per heavy atom. The molecule has 0 unspecified atom stereocenters. The van der Waals surface area contributed by atoms with Crippen LogP contribution in [-0.4, -0.2) is 33.6 Å². The van der Waals surface area contributed by atoms with Crippen molar-refractivity contribution >= 4 is 23.2 Å². The first-order valence-corrected chi connectivity index (χ1v) is 7.11. The number of aryl methyl sites for hydroxylation is 1. The quantitative estimate of drug-likeness (QED) is 0.782. The second kappa shape index (κ2) is 6.36. The van der Waals surface area contributed by atoms with Crippen LogP contribution in [-0.2, 0) is 6.42 Å². The third-order valence-corrected chi connectivity index (χ3v) is 3.70. The molecule has 1 heterocycles. The molecule has 0 radical (unpaired) electrons. The predicted molar refractivity (Wildman–Crippen MR) is 78.0 cm³/mol. The molecule has 7 heteroatoms. The van der Waals surface area contributed by atoms with E-state index in [1.807, 2.05) is 6.92 Å². The Bertz CT molecular complexity index is 681. The number of benzene rings is 1. The Hall–Kier alpha value is -2.41. The standard InChI is InChI=1S/C14H14N2O4S/c1-8-2-3-9(11(17)6-8)13(18)15-5-4-12-16-10(7-21-12)14(19)20/h2-3,6-7,17H,4-5H2,1H3,(H,15,18)(H,19,20). The minimum absolute atomic E-state index is 0.0116. The monoisotopic (exact) mass is 306 g/mol. The molecule has 0 spiro atoms. The van der Waals surface area contributed by atoms with Crippen molar-refractivity contribution in [1.29, 1.82) is 0 Å². The van der Waals surface area contributed by atoms with Crippen LogP contribution in [0, 0.1) is 6.92 Å². The second-order valence-corrected chi connectivity index (χ2v) is 5.40. The number of nitrogens with zero attached hydrogens (tertiary/aromatic N) is 1. The van der Waals surface area contributed by atoms with Gasteiger partial charge in [-0.05, 0) is 24.6 Å². The van der Waals surface area contributed by atoms with Gasteiger partial charge < -0.3 is 15.5 Å². The van der Waals surface area contributed by atoms with E-state index >= 15 is 0 Å². The maximum absolute atomic E-state index is 11.9. The first kappa shape index (κ1) is 15.0. The molecule has 0 saturated heterocycles. The van der Waals surface area contributed by atoms with Gasteiger partial charge in [0.05, 0.1) is 10.6 Å². The number of carboxylic acids is 1. The molecule has 6 nitrogen and oxygen atoms in total. The number of carbonyl (C=O) groups is 2. The Morgan fingerprint density at radius 2 is 2.14 bits per heavy atom. The Balaban J connectivity index is 1.90. The highest BCUT2D eigenvalue weighted by Gasteiger charge is 2.12. The zero-order valence-corrected chi connectivity index (χ0v) is 12.1. The van der Waals surface area contributed by atoms with Crippen LogP contribution in [0.1, 0.15) is 31.4 Å². The number of hydrogen-bond donors (Lipinski definition) is 3. The Morgan fingerprint density at radius 1 is 1.38 bits per heavy atom. The number of rotatable bonds is 5. The number of phenols is 1. The zero-order valence-electron chi connectivity index (χ0n) is 11.3. The van der Waals surface area contributed by atoms with Gasteiger partial charge in [0, 0.05) is 18.3 Å². The molecule has 0 fully saturated rings.